The molecule has 0 unspecified atom stereocenters. The molecule has 2 aromatic rings. The minimum atomic E-state index is 0. The van der Waals surface area contributed by atoms with Crippen molar-refractivity contribution in [2.45, 2.75) is 0 Å². The van der Waals surface area contributed by atoms with E-state index in [2.05, 4.69) is 29.2 Å². The summed E-state index contributed by atoms with van der Waals surface area (Å²) in [5.41, 5.74) is 3.99. The van der Waals surface area contributed by atoms with Crippen molar-refractivity contribution >= 4 is 27.1 Å². The van der Waals surface area contributed by atoms with Crippen molar-refractivity contribution in [3.8, 4) is 0 Å². The largest absolute Gasteiger partial charge is 0.700 e. The Morgan fingerprint density at radius 2 is 2.12 bits per heavy atom. The van der Waals surface area contributed by atoms with Gasteiger partial charge < -0.3 is 5.32 Å². The molecule has 1 aromatic heterocycles. The Labute approximate surface area is 112 Å². The number of benzene rings is 1. The van der Waals surface area contributed by atoms with Crippen molar-refractivity contribution in [1.82, 2.24) is 0 Å². The van der Waals surface area contributed by atoms with Gasteiger partial charge in [-0.25, -0.2) is 11.3 Å². The number of hydrogen-bond donors (Lipinski definition) is 0. The maximum atomic E-state index is 4.27. The molecule has 1 radical (unpaired) electrons. The van der Waals surface area contributed by atoms with Gasteiger partial charge in [-0.15, -0.1) is 23.6 Å². The van der Waals surface area contributed by atoms with Crippen molar-refractivity contribution in [3.63, 3.8) is 0 Å². The van der Waals surface area contributed by atoms with E-state index in [1.807, 2.05) is 24.3 Å². The second kappa shape index (κ2) is 4.82. The molecule has 0 aliphatic carbocycles. The van der Waals surface area contributed by atoms with Crippen LogP contribution in [0.15, 0.2) is 48.3 Å². The maximum Gasteiger partial charge on any atom is 0 e. The Morgan fingerprint density at radius 1 is 1.25 bits per heavy atom. The third kappa shape index (κ3) is 2.04. The zero-order valence-electron chi connectivity index (χ0n) is 8.23. The molecule has 1 aliphatic rings. The smallest absolute Gasteiger partial charge is 0 e. The first-order chi connectivity index (χ1) is 7.43. The van der Waals surface area contributed by atoms with Gasteiger partial charge in [0, 0.05) is 20.1 Å². The molecule has 3 heteroatoms. The number of thiophene rings is 1. The van der Waals surface area contributed by atoms with Crippen molar-refractivity contribution in [2.75, 3.05) is 0 Å². The van der Waals surface area contributed by atoms with E-state index in [4.69, 9.17) is 0 Å². The van der Waals surface area contributed by atoms with Crippen molar-refractivity contribution < 1.29 is 20.1 Å². The standard InChI is InChI=1S/C13H7NS.Ir/c1-2-7-12-10(5-1)9-13(15-12)11-6-3-4-8-14-11;/h1-5,7-8H;/q-2;. The van der Waals surface area contributed by atoms with E-state index in [0.717, 1.165) is 16.0 Å². The normalized spacial score (nSPS) is 13.1. The van der Waals surface area contributed by atoms with E-state index in [0.29, 0.717) is 0 Å². The van der Waals surface area contributed by atoms with Crippen LogP contribution in [0.4, 0.5) is 0 Å². The maximum absolute atomic E-state index is 4.27. The fourth-order valence-electron chi connectivity index (χ4n) is 1.47. The van der Waals surface area contributed by atoms with Crippen LogP contribution >= 0.6 is 11.3 Å². The molecule has 0 spiro atoms. The third-order valence-corrected chi connectivity index (χ3v) is 3.24. The molecule has 0 saturated heterocycles. The summed E-state index contributed by atoms with van der Waals surface area (Å²) in [7, 11) is 0. The topological polar surface area (TPSA) is 14.1 Å². The van der Waals surface area contributed by atoms with Gasteiger partial charge in [-0.3, -0.25) is 0 Å². The van der Waals surface area contributed by atoms with Crippen LogP contribution in [0.5, 0.6) is 0 Å². The average molecular weight is 401 g/mol. The molecule has 1 aliphatic heterocycles. The Kier molecular flexibility index (Phi) is 3.42. The predicted molar refractivity (Wildman–Crippen MR) is 64.7 cm³/mol. The van der Waals surface area contributed by atoms with Crippen molar-refractivity contribution in [2.24, 2.45) is 0 Å². The Bertz CT molecular complexity index is 570. The summed E-state index contributed by atoms with van der Waals surface area (Å²) in [6.45, 7) is 0. The predicted octanol–water partition coefficient (Wildman–Crippen LogP) is 4.10. The molecule has 0 N–H and O–H groups in total. The summed E-state index contributed by atoms with van der Waals surface area (Å²) in [4.78, 5) is 1.05. The molecule has 16 heavy (non-hydrogen) atoms. The van der Waals surface area contributed by atoms with E-state index in [9.17, 15) is 0 Å². The molecule has 0 amide bonds. The molecule has 1 aromatic carbocycles. The first-order valence-electron chi connectivity index (χ1n) is 4.67. The van der Waals surface area contributed by atoms with Crippen LogP contribution in [-0.2, 0) is 20.1 Å². The van der Waals surface area contributed by atoms with Crippen LogP contribution in [-0.4, -0.2) is 0 Å². The van der Waals surface area contributed by atoms with E-state index in [1.165, 1.54) is 4.70 Å². The Hall–Kier alpha value is -1.11. The number of fused-ring (bicyclic) bond motifs is 1. The monoisotopic (exact) mass is 402 g/mol. The van der Waals surface area contributed by atoms with Gasteiger partial charge in [0.15, 0.2) is 0 Å². The van der Waals surface area contributed by atoms with Crippen molar-refractivity contribution in [1.29, 1.82) is 0 Å². The minimum Gasteiger partial charge on any atom is -0.700 e. The summed E-state index contributed by atoms with van der Waals surface area (Å²) in [5.74, 6) is 0. The zero-order valence-corrected chi connectivity index (χ0v) is 11.4. The molecule has 0 saturated carbocycles. The first-order valence-corrected chi connectivity index (χ1v) is 5.49. The van der Waals surface area contributed by atoms with Gasteiger partial charge in [0.05, 0.1) is 0 Å². The van der Waals surface area contributed by atoms with Gasteiger partial charge in [0.2, 0.25) is 0 Å². The van der Waals surface area contributed by atoms with Crippen LogP contribution in [0.2, 0.25) is 0 Å². The molecule has 0 bridgehead atoms. The van der Waals surface area contributed by atoms with Gasteiger partial charge in [0.1, 0.15) is 0 Å². The Balaban J connectivity index is 0.000000963. The van der Waals surface area contributed by atoms with Gasteiger partial charge in [-0.05, 0) is 10.8 Å². The zero-order chi connectivity index (χ0) is 10.1. The van der Waals surface area contributed by atoms with Crippen LogP contribution in [0, 0.1) is 6.07 Å². The number of hydrogen-bond acceptors (Lipinski definition) is 1. The van der Waals surface area contributed by atoms with Crippen LogP contribution in [0.25, 0.3) is 21.1 Å². The molecular weight excluding hydrogens is 394 g/mol. The molecular formula is C13H7IrNS-2. The molecule has 2 heterocycles. The number of rotatable bonds is 1. The van der Waals surface area contributed by atoms with E-state index < -0.39 is 0 Å². The van der Waals surface area contributed by atoms with E-state index >= 15 is 0 Å². The summed E-state index contributed by atoms with van der Waals surface area (Å²) in [6.07, 6.45) is 5.53. The summed E-state index contributed by atoms with van der Waals surface area (Å²) in [6, 6.07) is 11.6. The SMILES string of the molecule is C1=CC=C[N-]C=1c1[c-]c2ccccc2s1.[Ir]. The van der Waals surface area contributed by atoms with E-state index in [1.54, 1.807) is 17.5 Å². The number of nitrogens with zero attached hydrogens (tertiary/aromatic N) is 1. The second-order valence-corrected chi connectivity index (χ2v) is 4.23. The van der Waals surface area contributed by atoms with Crippen LogP contribution in [0.1, 0.15) is 4.88 Å². The second-order valence-electron chi connectivity index (χ2n) is 3.18. The summed E-state index contributed by atoms with van der Waals surface area (Å²) >= 11 is 1.70. The van der Waals surface area contributed by atoms with Crippen molar-refractivity contribution in [3.05, 3.63) is 64.6 Å². The van der Waals surface area contributed by atoms with E-state index in [-0.39, 0.29) is 20.1 Å². The van der Waals surface area contributed by atoms with Gasteiger partial charge in [-0.2, -0.15) is 17.6 Å². The molecule has 81 valence electrons. The Morgan fingerprint density at radius 3 is 2.88 bits per heavy atom. The van der Waals surface area contributed by atoms with Crippen LogP contribution in [0.3, 0.4) is 0 Å². The summed E-state index contributed by atoms with van der Waals surface area (Å²) < 4.78 is 1.24. The van der Waals surface area contributed by atoms with Crippen LogP contribution < -0.4 is 0 Å². The minimum absolute atomic E-state index is 0. The fraction of sp³-hybridized carbons (Fsp3) is 0. The molecule has 1 nitrogen and oxygen atoms in total. The first kappa shape index (κ1) is 11.4. The van der Waals surface area contributed by atoms with Gasteiger partial charge in [0.25, 0.3) is 0 Å². The quantitative estimate of drug-likeness (QED) is 0.505. The van der Waals surface area contributed by atoms with Gasteiger partial charge in [-0.1, -0.05) is 23.1 Å². The average Bonchev–Trinajstić information content (AvgIpc) is 2.74. The molecule has 0 fully saturated rings. The summed E-state index contributed by atoms with van der Waals surface area (Å²) in [5, 5.41) is 5.42. The molecule has 0 atom stereocenters. The fourth-order valence-corrected chi connectivity index (χ4v) is 2.44. The number of allylic oxidation sites excluding steroid dienone is 2. The molecule has 3 rings (SSSR count). The van der Waals surface area contributed by atoms with Gasteiger partial charge >= 0.3 is 0 Å². The third-order valence-electron chi connectivity index (χ3n) is 2.17.